The number of hydrogen-bond donors (Lipinski definition) is 1. The monoisotopic (exact) mass is 330 g/mol. The Morgan fingerprint density at radius 1 is 1.44 bits per heavy atom. The molecule has 1 heterocycles. The average molecular weight is 331 g/mol. The molecule has 3 nitrogen and oxygen atoms in total. The van der Waals surface area contributed by atoms with Gasteiger partial charge in [0.2, 0.25) is 0 Å². The van der Waals surface area contributed by atoms with Crippen molar-refractivity contribution in [3.63, 3.8) is 0 Å². The van der Waals surface area contributed by atoms with Crippen molar-refractivity contribution in [2.24, 2.45) is 5.73 Å². The molecule has 1 aliphatic heterocycles. The number of halogens is 1. The molecule has 1 fully saturated rings. The number of rotatable bonds is 3. The summed E-state index contributed by atoms with van der Waals surface area (Å²) in [5.41, 5.74) is 8.27. The molecule has 0 bridgehead atoms. The molecular formula is C13H19BrN2OS. The summed E-state index contributed by atoms with van der Waals surface area (Å²) in [4.78, 5) is 2.29. The smallest absolute Gasteiger partial charge is 0.0411 e. The maximum absolute atomic E-state index is 11.3. The highest BCUT2D eigenvalue weighted by atomic mass is 79.9. The summed E-state index contributed by atoms with van der Waals surface area (Å²) in [6.07, 6.45) is 0.880. The molecule has 5 heteroatoms. The zero-order valence-corrected chi connectivity index (χ0v) is 13.0. The molecule has 1 saturated heterocycles. The minimum Gasteiger partial charge on any atom is -0.370 e. The highest BCUT2D eigenvalue weighted by Gasteiger charge is 2.16. The van der Waals surface area contributed by atoms with Crippen LogP contribution in [0, 0.1) is 0 Å². The van der Waals surface area contributed by atoms with Crippen molar-refractivity contribution in [2.75, 3.05) is 29.5 Å². The quantitative estimate of drug-likeness (QED) is 0.920. The third kappa shape index (κ3) is 3.56. The molecule has 1 unspecified atom stereocenters. The van der Waals surface area contributed by atoms with Gasteiger partial charge >= 0.3 is 0 Å². The molecule has 0 aromatic heterocycles. The predicted molar refractivity (Wildman–Crippen MR) is 81.6 cm³/mol. The molecule has 100 valence electrons. The van der Waals surface area contributed by atoms with Gasteiger partial charge in [0.05, 0.1) is 0 Å². The summed E-state index contributed by atoms with van der Waals surface area (Å²) in [7, 11) is -0.622. The fourth-order valence-electron chi connectivity index (χ4n) is 2.14. The van der Waals surface area contributed by atoms with Crippen LogP contribution in [0.3, 0.4) is 0 Å². The molecule has 18 heavy (non-hydrogen) atoms. The van der Waals surface area contributed by atoms with Crippen LogP contribution in [0.5, 0.6) is 0 Å². The van der Waals surface area contributed by atoms with Gasteiger partial charge in [0, 0.05) is 51.6 Å². The second-order valence-electron chi connectivity index (χ2n) is 4.79. The lowest BCUT2D eigenvalue weighted by Gasteiger charge is -2.28. The van der Waals surface area contributed by atoms with E-state index in [0.29, 0.717) is 0 Å². The lowest BCUT2D eigenvalue weighted by Crippen LogP contribution is -2.37. The van der Waals surface area contributed by atoms with Gasteiger partial charge in [0.25, 0.3) is 0 Å². The minimum absolute atomic E-state index is 0.171. The number of nitrogens with zero attached hydrogens (tertiary/aromatic N) is 1. The summed E-state index contributed by atoms with van der Waals surface area (Å²) in [5, 5.41) is 0. The average Bonchev–Trinajstić information content (AvgIpc) is 2.32. The number of hydrogen-bond acceptors (Lipinski definition) is 3. The van der Waals surface area contributed by atoms with Gasteiger partial charge in [-0.3, -0.25) is 4.21 Å². The van der Waals surface area contributed by atoms with E-state index in [1.165, 1.54) is 11.3 Å². The zero-order chi connectivity index (χ0) is 13.1. The predicted octanol–water partition coefficient (Wildman–Crippen LogP) is 1.91. The van der Waals surface area contributed by atoms with Gasteiger partial charge in [0.1, 0.15) is 0 Å². The molecule has 0 radical (unpaired) electrons. The first-order valence-electron chi connectivity index (χ1n) is 6.20. The first kappa shape index (κ1) is 14.0. The molecule has 1 atom stereocenters. The Labute approximate surface area is 119 Å². The van der Waals surface area contributed by atoms with Crippen LogP contribution in [0.25, 0.3) is 0 Å². The van der Waals surface area contributed by atoms with E-state index in [2.05, 4.69) is 39.0 Å². The van der Waals surface area contributed by atoms with Crippen molar-refractivity contribution < 1.29 is 4.21 Å². The second-order valence-corrected chi connectivity index (χ2v) is 7.34. The largest absolute Gasteiger partial charge is 0.370 e. The lowest BCUT2D eigenvalue weighted by atomic mass is 10.1. The van der Waals surface area contributed by atoms with Crippen molar-refractivity contribution in [3.05, 3.63) is 28.2 Å². The van der Waals surface area contributed by atoms with Gasteiger partial charge in [-0.25, -0.2) is 0 Å². The second kappa shape index (κ2) is 6.17. The van der Waals surface area contributed by atoms with E-state index in [4.69, 9.17) is 5.73 Å². The van der Waals surface area contributed by atoms with Gasteiger partial charge < -0.3 is 10.6 Å². The number of nitrogens with two attached hydrogens (primary N) is 1. The maximum atomic E-state index is 11.3. The van der Waals surface area contributed by atoms with E-state index in [1.807, 2.05) is 6.92 Å². The van der Waals surface area contributed by atoms with Crippen LogP contribution in [0.15, 0.2) is 22.7 Å². The van der Waals surface area contributed by atoms with E-state index in [9.17, 15) is 4.21 Å². The Bertz CT molecular complexity index is 441. The molecule has 2 N–H and O–H groups in total. The van der Waals surface area contributed by atoms with Crippen molar-refractivity contribution in [3.8, 4) is 0 Å². The fraction of sp³-hybridized carbons (Fsp3) is 0.538. The van der Waals surface area contributed by atoms with Crippen molar-refractivity contribution in [2.45, 2.75) is 19.4 Å². The molecule has 1 aromatic carbocycles. The van der Waals surface area contributed by atoms with Crippen molar-refractivity contribution >= 4 is 32.4 Å². The molecule has 2 rings (SSSR count). The Hall–Kier alpha value is -0.390. The Morgan fingerprint density at radius 2 is 2.11 bits per heavy atom. The summed E-state index contributed by atoms with van der Waals surface area (Å²) in [6.45, 7) is 3.78. The highest BCUT2D eigenvalue weighted by molar-refractivity contribution is 9.10. The molecule has 0 amide bonds. The molecule has 1 aromatic rings. The normalized spacial score (nSPS) is 18.9. The van der Waals surface area contributed by atoms with Crippen LogP contribution < -0.4 is 10.6 Å². The minimum atomic E-state index is -0.622. The van der Waals surface area contributed by atoms with Crippen molar-refractivity contribution in [1.29, 1.82) is 0 Å². The zero-order valence-electron chi connectivity index (χ0n) is 10.6. The Balaban J connectivity index is 2.11. The third-order valence-electron chi connectivity index (χ3n) is 3.12. The maximum Gasteiger partial charge on any atom is 0.0411 e. The van der Waals surface area contributed by atoms with Crippen molar-refractivity contribution in [1.82, 2.24) is 0 Å². The van der Waals surface area contributed by atoms with Crippen LogP contribution in [0.2, 0.25) is 0 Å². The van der Waals surface area contributed by atoms with Crippen LogP contribution in [0.4, 0.5) is 5.69 Å². The standard InChI is InChI=1S/C13H19BrN2OS/c1-10(15)8-11-2-3-12(9-13(11)14)16-4-6-18(17)7-5-16/h2-3,9-10H,4-8,15H2,1H3. The molecule has 0 saturated carbocycles. The molecular weight excluding hydrogens is 312 g/mol. The van der Waals surface area contributed by atoms with Crippen LogP contribution in [0.1, 0.15) is 12.5 Å². The first-order chi connectivity index (χ1) is 8.56. The van der Waals surface area contributed by atoms with E-state index in [0.717, 1.165) is 35.5 Å². The first-order valence-corrected chi connectivity index (χ1v) is 8.48. The van der Waals surface area contributed by atoms with Gasteiger partial charge in [-0.2, -0.15) is 0 Å². The fourth-order valence-corrected chi connectivity index (χ4v) is 3.72. The number of anilines is 1. The topological polar surface area (TPSA) is 46.3 Å². The van der Waals surface area contributed by atoms with Crippen LogP contribution >= 0.6 is 15.9 Å². The summed E-state index contributed by atoms with van der Waals surface area (Å²) in [6, 6.07) is 6.58. The number of benzene rings is 1. The summed E-state index contributed by atoms with van der Waals surface area (Å²) < 4.78 is 12.5. The molecule has 0 spiro atoms. The van der Waals surface area contributed by atoms with Gasteiger partial charge in [-0.15, -0.1) is 0 Å². The summed E-state index contributed by atoms with van der Waals surface area (Å²) >= 11 is 3.61. The van der Waals surface area contributed by atoms with Crippen LogP contribution in [-0.2, 0) is 17.2 Å². The highest BCUT2D eigenvalue weighted by Crippen LogP contribution is 2.25. The SMILES string of the molecule is CC(N)Cc1ccc(N2CCS(=O)CC2)cc1Br. The van der Waals surface area contributed by atoms with Gasteiger partial charge in [-0.1, -0.05) is 22.0 Å². The van der Waals surface area contributed by atoms with E-state index < -0.39 is 10.8 Å². The van der Waals surface area contributed by atoms with E-state index in [-0.39, 0.29) is 6.04 Å². The lowest BCUT2D eigenvalue weighted by molar-refractivity contribution is 0.673. The molecule has 1 aliphatic rings. The van der Waals surface area contributed by atoms with Gasteiger partial charge in [0.15, 0.2) is 0 Å². The van der Waals surface area contributed by atoms with E-state index in [1.54, 1.807) is 0 Å². The van der Waals surface area contributed by atoms with E-state index >= 15 is 0 Å². The molecule has 0 aliphatic carbocycles. The summed E-state index contributed by atoms with van der Waals surface area (Å²) in [5.74, 6) is 1.55. The third-order valence-corrected chi connectivity index (χ3v) is 5.14. The Kier molecular flexibility index (Phi) is 4.81. The van der Waals surface area contributed by atoms with Crippen LogP contribution in [-0.4, -0.2) is 34.8 Å². The Morgan fingerprint density at radius 3 is 2.67 bits per heavy atom. The van der Waals surface area contributed by atoms with Gasteiger partial charge in [-0.05, 0) is 31.0 Å².